The minimum atomic E-state index is -0.288. The fourth-order valence-corrected chi connectivity index (χ4v) is 4.05. The zero-order valence-corrected chi connectivity index (χ0v) is 14.3. The number of thiophene rings is 1. The second-order valence-corrected chi connectivity index (χ2v) is 7.13. The Hall–Kier alpha value is -2.54. The Morgan fingerprint density at radius 1 is 1.20 bits per heavy atom. The Morgan fingerprint density at radius 3 is 2.68 bits per heavy atom. The molecule has 1 aromatic carbocycles. The quantitative estimate of drug-likeness (QED) is 0.783. The van der Waals surface area contributed by atoms with Gasteiger partial charge in [0.1, 0.15) is 5.82 Å². The Kier molecular flexibility index (Phi) is 4.31. The highest BCUT2D eigenvalue weighted by atomic mass is 32.1. The molecule has 5 nitrogen and oxygen atoms in total. The molecule has 2 aromatic heterocycles. The van der Waals surface area contributed by atoms with E-state index in [4.69, 9.17) is 0 Å². The van der Waals surface area contributed by atoms with Gasteiger partial charge in [0, 0.05) is 41.6 Å². The van der Waals surface area contributed by atoms with Crippen LogP contribution in [0.1, 0.15) is 22.5 Å². The lowest BCUT2D eigenvalue weighted by Crippen LogP contribution is -2.45. The second-order valence-electron chi connectivity index (χ2n) is 6.05. The number of amides is 1. The van der Waals surface area contributed by atoms with Crippen LogP contribution in [-0.2, 0) is 0 Å². The van der Waals surface area contributed by atoms with Gasteiger partial charge in [-0.15, -0.1) is 11.3 Å². The number of nitrogens with one attached hydrogen (secondary N) is 1. The van der Waals surface area contributed by atoms with Crippen molar-refractivity contribution in [2.75, 3.05) is 18.0 Å². The van der Waals surface area contributed by atoms with Gasteiger partial charge in [0.05, 0.1) is 4.88 Å². The standard InChI is InChI=1S/C18H17FN4OS/c19-14-3-1-4-15-13(14)11-16(25-15)17(24)22-12-5-9-23(10-6-12)18-20-7-2-8-21-18/h1-4,7-8,11-12H,5-6,9-10H2,(H,22,24). The zero-order chi connectivity index (χ0) is 17.2. The fourth-order valence-electron chi connectivity index (χ4n) is 3.07. The molecule has 0 saturated carbocycles. The molecule has 4 rings (SSSR count). The van der Waals surface area contributed by atoms with Crippen molar-refractivity contribution in [3.8, 4) is 0 Å². The van der Waals surface area contributed by atoms with Crippen molar-refractivity contribution in [3.63, 3.8) is 0 Å². The first-order valence-corrected chi connectivity index (χ1v) is 9.03. The molecule has 128 valence electrons. The molecule has 1 fully saturated rings. The zero-order valence-electron chi connectivity index (χ0n) is 13.5. The maximum atomic E-state index is 13.8. The van der Waals surface area contributed by atoms with E-state index in [2.05, 4.69) is 20.2 Å². The second kappa shape index (κ2) is 6.76. The lowest BCUT2D eigenvalue weighted by Gasteiger charge is -2.32. The molecule has 1 saturated heterocycles. The van der Waals surface area contributed by atoms with E-state index in [1.807, 2.05) is 6.07 Å². The van der Waals surface area contributed by atoms with Crippen molar-refractivity contribution in [2.24, 2.45) is 0 Å². The molecule has 3 heterocycles. The summed E-state index contributed by atoms with van der Waals surface area (Å²) in [5.41, 5.74) is 0. The van der Waals surface area contributed by atoms with E-state index in [0.29, 0.717) is 10.3 Å². The van der Waals surface area contributed by atoms with E-state index in [0.717, 1.165) is 36.6 Å². The molecule has 0 unspecified atom stereocenters. The third-order valence-corrected chi connectivity index (χ3v) is 5.50. The van der Waals surface area contributed by atoms with E-state index in [-0.39, 0.29) is 17.8 Å². The van der Waals surface area contributed by atoms with E-state index >= 15 is 0 Å². The van der Waals surface area contributed by atoms with E-state index < -0.39 is 0 Å². The van der Waals surface area contributed by atoms with Crippen molar-refractivity contribution in [2.45, 2.75) is 18.9 Å². The highest BCUT2D eigenvalue weighted by Gasteiger charge is 2.23. The molecule has 0 spiro atoms. The lowest BCUT2D eigenvalue weighted by atomic mass is 10.1. The van der Waals surface area contributed by atoms with Gasteiger partial charge < -0.3 is 10.2 Å². The molecule has 0 bridgehead atoms. The van der Waals surface area contributed by atoms with Crippen molar-refractivity contribution >= 4 is 33.3 Å². The smallest absolute Gasteiger partial charge is 0.261 e. The lowest BCUT2D eigenvalue weighted by molar-refractivity contribution is 0.0935. The number of benzene rings is 1. The van der Waals surface area contributed by atoms with Crippen LogP contribution >= 0.6 is 11.3 Å². The van der Waals surface area contributed by atoms with Crippen LogP contribution in [0.3, 0.4) is 0 Å². The number of carbonyl (C=O) groups is 1. The van der Waals surface area contributed by atoms with Crippen LogP contribution in [-0.4, -0.2) is 35.0 Å². The summed E-state index contributed by atoms with van der Waals surface area (Å²) in [4.78, 5) is 23.7. The first-order chi connectivity index (χ1) is 12.2. The Morgan fingerprint density at radius 2 is 1.96 bits per heavy atom. The van der Waals surface area contributed by atoms with Gasteiger partial charge in [-0.3, -0.25) is 4.79 Å². The topological polar surface area (TPSA) is 58.1 Å². The number of halogens is 1. The summed E-state index contributed by atoms with van der Waals surface area (Å²) in [7, 11) is 0. The molecule has 1 aliphatic heterocycles. The van der Waals surface area contributed by atoms with Crippen LogP contribution in [0.15, 0.2) is 42.7 Å². The summed E-state index contributed by atoms with van der Waals surface area (Å²) in [6, 6.07) is 8.46. The monoisotopic (exact) mass is 356 g/mol. The van der Waals surface area contributed by atoms with Crippen molar-refractivity contribution in [1.82, 2.24) is 15.3 Å². The number of nitrogens with zero attached hydrogens (tertiary/aromatic N) is 3. The van der Waals surface area contributed by atoms with Gasteiger partial charge in [-0.2, -0.15) is 0 Å². The van der Waals surface area contributed by atoms with Gasteiger partial charge in [-0.05, 0) is 37.1 Å². The molecule has 0 aliphatic carbocycles. The molecule has 7 heteroatoms. The molecule has 1 amide bonds. The van der Waals surface area contributed by atoms with Gasteiger partial charge in [-0.1, -0.05) is 6.07 Å². The number of hydrogen-bond acceptors (Lipinski definition) is 5. The first kappa shape index (κ1) is 16.0. The number of carbonyl (C=O) groups excluding carboxylic acids is 1. The largest absolute Gasteiger partial charge is 0.348 e. The molecule has 1 N–H and O–H groups in total. The van der Waals surface area contributed by atoms with Crippen molar-refractivity contribution in [3.05, 3.63) is 53.4 Å². The van der Waals surface area contributed by atoms with Gasteiger partial charge in [0.2, 0.25) is 5.95 Å². The van der Waals surface area contributed by atoms with Gasteiger partial charge in [0.25, 0.3) is 5.91 Å². The minimum absolute atomic E-state index is 0.113. The Balaban J connectivity index is 1.39. The number of anilines is 1. The van der Waals surface area contributed by atoms with Crippen LogP contribution in [0, 0.1) is 5.82 Å². The summed E-state index contributed by atoms with van der Waals surface area (Å²) < 4.78 is 14.6. The van der Waals surface area contributed by atoms with E-state index in [9.17, 15) is 9.18 Å². The number of hydrogen-bond donors (Lipinski definition) is 1. The molecule has 1 aliphatic rings. The van der Waals surface area contributed by atoms with Crippen molar-refractivity contribution < 1.29 is 9.18 Å². The molecular formula is C18H17FN4OS. The highest BCUT2D eigenvalue weighted by Crippen LogP contribution is 2.28. The molecule has 0 radical (unpaired) electrons. The fraction of sp³-hybridized carbons (Fsp3) is 0.278. The number of piperidine rings is 1. The van der Waals surface area contributed by atoms with Crippen LogP contribution in [0.4, 0.5) is 10.3 Å². The first-order valence-electron chi connectivity index (χ1n) is 8.21. The Labute approximate surface area is 148 Å². The number of aromatic nitrogens is 2. The summed E-state index contributed by atoms with van der Waals surface area (Å²) in [5, 5.41) is 3.58. The summed E-state index contributed by atoms with van der Waals surface area (Å²) in [5.74, 6) is 0.311. The molecular weight excluding hydrogens is 339 g/mol. The van der Waals surface area contributed by atoms with Crippen LogP contribution in [0.5, 0.6) is 0 Å². The average Bonchev–Trinajstić information content (AvgIpc) is 3.09. The normalized spacial score (nSPS) is 15.5. The summed E-state index contributed by atoms with van der Waals surface area (Å²) in [6.07, 6.45) is 5.14. The number of fused-ring (bicyclic) bond motifs is 1. The maximum absolute atomic E-state index is 13.8. The van der Waals surface area contributed by atoms with Gasteiger partial charge in [0.15, 0.2) is 0 Å². The van der Waals surface area contributed by atoms with Gasteiger partial charge >= 0.3 is 0 Å². The third kappa shape index (κ3) is 3.32. The predicted octanol–water partition coefficient (Wildman–Crippen LogP) is 3.23. The minimum Gasteiger partial charge on any atom is -0.348 e. The SMILES string of the molecule is O=C(NC1CCN(c2ncccn2)CC1)c1cc2c(F)cccc2s1. The summed E-state index contributed by atoms with van der Waals surface area (Å²) >= 11 is 1.32. The van der Waals surface area contributed by atoms with Crippen LogP contribution < -0.4 is 10.2 Å². The van der Waals surface area contributed by atoms with Crippen LogP contribution in [0.2, 0.25) is 0 Å². The van der Waals surface area contributed by atoms with E-state index in [1.54, 1.807) is 30.6 Å². The molecule has 0 atom stereocenters. The summed E-state index contributed by atoms with van der Waals surface area (Å²) in [6.45, 7) is 1.60. The number of rotatable bonds is 3. The predicted molar refractivity (Wildman–Crippen MR) is 96.5 cm³/mol. The molecule has 3 aromatic rings. The average molecular weight is 356 g/mol. The van der Waals surface area contributed by atoms with E-state index in [1.165, 1.54) is 17.4 Å². The maximum Gasteiger partial charge on any atom is 0.261 e. The van der Waals surface area contributed by atoms with Gasteiger partial charge in [-0.25, -0.2) is 14.4 Å². The highest BCUT2D eigenvalue weighted by molar-refractivity contribution is 7.20. The molecule has 25 heavy (non-hydrogen) atoms. The Bertz CT molecular complexity index is 890. The third-order valence-electron chi connectivity index (χ3n) is 4.40. The van der Waals surface area contributed by atoms with Crippen molar-refractivity contribution in [1.29, 1.82) is 0 Å². The van der Waals surface area contributed by atoms with Crippen LogP contribution in [0.25, 0.3) is 10.1 Å².